The van der Waals surface area contributed by atoms with E-state index in [4.69, 9.17) is 11.6 Å². The van der Waals surface area contributed by atoms with E-state index in [1.165, 1.54) is 17.8 Å². The molecule has 0 saturated carbocycles. The molecule has 0 saturated heterocycles. The van der Waals surface area contributed by atoms with E-state index in [-0.39, 0.29) is 24.0 Å². The standard InChI is InChI=1S/C24H20ClFN4OS/c25-20-12-10-18(11-13-20)23-28-29-24(30(23)15-17-6-2-1-3-7-17)32-16-22(31)27-14-19-8-4-5-9-21(19)26/h1-13H,14-16H2,(H,27,31). The number of nitrogens with zero attached hydrogens (tertiary/aromatic N) is 3. The third-order valence-corrected chi connectivity index (χ3v) is 5.99. The minimum Gasteiger partial charge on any atom is -0.351 e. The Bertz CT molecular complexity index is 1200. The highest BCUT2D eigenvalue weighted by Gasteiger charge is 2.16. The summed E-state index contributed by atoms with van der Waals surface area (Å²) in [6.07, 6.45) is 0. The van der Waals surface area contributed by atoms with E-state index in [9.17, 15) is 9.18 Å². The molecule has 0 fully saturated rings. The fourth-order valence-corrected chi connectivity index (χ4v) is 4.03. The Labute approximate surface area is 194 Å². The fourth-order valence-electron chi connectivity index (χ4n) is 3.13. The van der Waals surface area contributed by atoms with E-state index in [2.05, 4.69) is 15.5 Å². The van der Waals surface area contributed by atoms with E-state index in [0.717, 1.165) is 11.1 Å². The van der Waals surface area contributed by atoms with Crippen molar-refractivity contribution in [3.63, 3.8) is 0 Å². The maximum atomic E-state index is 13.8. The summed E-state index contributed by atoms with van der Waals surface area (Å²) >= 11 is 7.32. The average Bonchev–Trinajstić information content (AvgIpc) is 3.20. The predicted molar refractivity (Wildman–Crippen MR) is 125 cm³/mol. The molecule has 0 atom stereocenters. The number of benzene rings is 3. The molecule has 0 unspecified atom stereocenters. The van der Waals surface area contributed by atoms with Gasteiger partial charge in [-0.2, -0.15) is 0 Å². The number of hydrogen-bond acceptors (Lipinski definition) is 4. The number of nitrogens with one attached hydrogen (secondary N) is 1. The lowest BCUT2D eigenvalue weighted by atomic mass is 10.2. The van der Waals surface area contributed by atoms with Crippen molar-refractivity contribution in [2.75, 3.05) is 5.75 Å². The Morgan fingerprint density at radius 1 is 0.969 bits per heavy atom. The summed E-state index contributed by atoms with van der Waals surface area (Å²) in [4.78, 5) is 12.4. The van der Waals surface area contributed by atoms with Crippen LogP contribution >= 0.6 is 23.4 Å². The Morgan fingerprint density at radius 3 is 2.44 bits per heavy atom. The Morgan fingerprint density at radius 2 is 1.69 bits per heavy atom. The zero-order valence-electron chi connectivity index (χ0n) is 17.0. The fraction of sp³-hybridized carbons (Fsp3) is 0.125. The van der Waals surface area contributed by atoms with Crippen molar-refractivity contribution in [1.29, 1.82) is 0 Å². The van der Waals surface area contributed by atoms with E-state index in [0.29, 0.717) is 28.1 Å². The van der Waals surface area contributed by atoms with Gasteiger partial charge >= 0.3 is 0 Å². The lowest BCUT2D eigenvalue weighted by Crippen LogP contribution is -2.25. The largest absolute Gasteiger partial charge is 0.351 e. The monoisotopic (exact) mass is 466 g/mol. The van der Waals surface area contributed by atoms with Crippen molar-refractivity contribution in [3.8, 4) is 11.4 Å². The van der Waals surface area contributed by atoms with Gasteiger partial charge in [-0.15, -0.1) is 10.2 Å². The van der Waals surface area contributed by atoms with Crippen molar-refractivity contribution in [3.05, 3.63) is 101 Å². The van der Waals surface area contributed by atoms with Crippen LogP contribution in [0, 0.1) is 5.82 Å². The topological polar surface area (TPSA) is 59.8 Å². The first-order valence-corrected chi connectivity index (χ1v) is 11.3. The Hall–Kier alpha value is -3.16. The minimum absolute atomic E-state index is 0.138. The third-order valence-electron chi connectivity index (χ3n) is 4.77. The first-order valence-electron chi connectivity index (χ1n) is 9.96. The second kappa shape index (κ2) is 10.4. The van der Waals surface area contributed by atoms with Crippen LogP contribution in [0.4, 0.5) is 4.39 Å². The normalized spacial score (nSPS) is 10.8. The molecule has 0 spiro atoms. The molecule has 32 heavy (non-hydrogen) atoms. The number of hydrogen-bond donors (Lipinski definition) is 1. The molecule has 0 aliphatic rings. The molecule has 1 N–H and O–H groups in total. The molecule has 0 aliphatic carbocycles. The molecule has 4 aromatic rings. The number of carbonyl (C=O) groups excluding carboxylic acids is 1. The minimum atomic E-state index is -0.337. The van der Waals surface area contributed by atoms with Crippen molar-refractivity contribution in [1.82, 2.24) is 20.1 Å². The van der Waals surface area contributed by atoms with E-state index in [1.54, 1.807) is 30.3 Å². The van der Waals surface area contributed by atoms with Crippen LogP contribution in [0.5, 0.6) is 0 Å². The number of amides is 1. The zero-order valence-corrected chi connectivity index (χ0v) is 18.6. The molecule has 0 bridgehead atoms. The van der Waals surface area contributed by atoms with Gasteiger partial charge in [-0.25, -0.2) is 4.39 Å². The number of aromatic nitrogens is 3. The first kappa shape index (κ1) is 22.0. The molecule has 4 rings (SSSR count). The highest BCUT2D eigenvalue weighted by atomic mass is 35.5. The molecule has 0 aliphatic heterocycles. The maximum Gasteiger partial charge on any atom is 0.230 e. The maximum absolute atomic E-state index is 13.8. The van der Waals surface area contributed by atoms with Gasteiger partial charge in [-0.3, -0.25) is 9.36 Å². The first-order chi connectivity index (χ1) is 15.6. The van der Waals surface area contributed by atoms with E-state index in [1.807, 2.05) is 47.0 Å². The van der Waals surface area contributed by atoms with Crippen molar-refractivity contribution in [2.24, 2.45) is 0 Å². The van der Waals surface area contributed by atoms with Crippen LogP contribution in [0.15, 0.2) is 84.0 Å². The van der Waals surface area contributed by atoms with E-state index >= 15 is 0 Å². The summed E-state index contributed by atoms with van der Waals surface area (Å²) < 4.78 is 15.7. The lowest BCUT2D eigenvalue weighted by molar-refractivity contribution is -0.118. The summed E-state index contributed by atoms with van der Waals surface area (Å²) in [5.41, 5.74) is 2.42. The summed E-state index contributed by atoms with van der Waals surface area (Å²) in [5, 5.41) is 12.7. The van der Waals surface area contributed by atoms with Gasteiger partial charge in [0.15, 0.2) is 11.0 Å². The van der Waals surface area contributed by atoms with Crippen LogP contribution in [-0.4, -0.2) is 26.4 Å². The second-order valence-corrected chi connectivity index (χ2v) is 8.42. The smallest absolute Gasteiger partial charge is 0.230 e. The predicted octanol–water partition coefficient (Wildman–Crippen LogP) is 5.19. The molecule has 162 valence electrons. The Balaban J connectivity index is 1.49. The van der Waals surface area contributed by atoms with Gasteiger partial charge in [0.2, 0.25) is 5.91 Å². The summed E-state index contributed by atoms with van der Waals surface area (Å²) in [5.74, 6) is 0.290. The van der Waals surface area contributed by atoms with Crippen molar-refractivity contribution in [2.45, 2.75) is 18.2 Å². The highest BCUT2D eigenvalue weighted by Crippen LogP contribution is 2.26. The van der Waals surface area contributed by atoms with Gasteiger partial charge in [-0.1, -0.05) is 71.9 Å². The van der Waals surface area contributed by atoms with Crippen molar-refractivity contribution >= 4 is 29.3 Å². The van der Waals surface area contributed by atoms with E-state index < -0.39 is 0 Å². The third kappa shape index (κ3) is 5.55. The van der Waals surface area contributed by atoms with Gasteiger partial charge in [0, 0.05) is 22.7 Å². The average molecular weight is 467 g/mol. The SMILES string of the molecule is O=C(CSc1nnc(-c2ccc(Cl)cc2)n1Cc1ccccc1)NCc1ccccc1F. The number of rotatable bonds is 8. The number of halogens is 2. The Kier molecular flexibility index (Phi) is 7.19. The number of thioether (sulfide) groups is 1. The van der Waals surface area contributed by atoms with Gasteiger partial charge in [0.1, 0.15) is 5.82 Å². The summed E-state index contributed by atoms with van der Waals surface area (Å²) in [6.45, 7) is 0.698. The molecule has 5 nitrogen and oxygen atoms in total. The molecule has 1 heterocycles. The van der Waals surface area contributed by atoms with Gasteiger partial charge in [0.05, 0.1) is 12.3 Å². The lowest BCUT2D eigenvalue weighted by Gasteiger charge is -2.11. The van der Waals surface area contributed by atoms with Gasteiger partial charge in [-0.05, 0) is 35.9 Å². The molecule has 1 aromatic heterocycles. The van der Waals surface area contributed by atoms with Crippen LogP contribution < -0.4 is 5.32 Å². The molecule has 3 aromatic carbocycles. The van der Waals surface area contributed by atoms with Crippen LogP contribution in [-0.2, 0) is 17.9 Å². The van der Waals surface area contributed by atoms with Crippen LogP contribution in [0.3, 0.4) is 0 Å². The van der Waals surface area contributed by atoms with Crippen LogP contribution in [0.25, 0.3) is 11.4 Å². The molecular weight excluding hydrogens is 447 g/mol. The quantitative estimate of drug-likeness (QED) is 0.363. The molecule has 0 radical (unpaired) electrons. The highest BCUT2D eigenvalue weighted by molar-refractivity contribution is 7.99. The van der Waals surface area contributed by atoms with Gasteiger partial charge < -0.3 is 5.32 Å². The second-order valence-electron chi connectivity index (χ2n) is 7.04. The van der Waals surface area contributed by atoms with Crippen LogP contribution in [0.1, 0.15) is 11.1 Å². The molecule has 8 heteroatoms. The molecule has 1 amide bonds. The molecular formula is C24H20ClFN4OS. The summed E-state index contributed by atoms with van der Waals surface area (Å²) in [7, 11) is 0. The summed E-state index contributed by atoms with van der Waals surface area (Å²) in [6, 6.07) is 23.8. The van der Waals surface area contributed by atoms with Crippen LogP contribution in [0.2, 0.25) is 5.02 Å². The zero-order chi connectivity index (χ0) is 22.3. The number of carbonyl (C=O) groups is 1. The van der Waals surface area contributed by atoms with Crippen molar-refractivity contribution < 1.29 is 9.18 Å². The van der Waals surface area contributed by atoms with Gasteiger partial charge in [0.25, 0.3) is 0 Å².